The van der Waals surface area contributed by atoms with Crippen molar-refractivity contribution in [2.24, 2.45) is 0 Å². The van der Waals surface area contributed by atoms with Gasteiger partial charge in [-0.1, -0.05) is 20.8 Å². The molecule has 0 saturated heterocycles. The molecule has 0 atom stereocenters. The molecule has 0 aromatic carbocycles. The fourth-order valence-electron chi connectivity index (χ4n) is 2.20. The summed E-state index contributed by atoms with van der Waals surface area (Å²) < 4.78 is 3.10. The minimum absolute atomic E-state index is 0.0627. The van der Waals surface area contributed by atoms with E-state index in [-0.39, 0.29) is 5.41 Å². The van der Waals surface area contributed by atoms with E-state index in [4.69, 9.17) is 10.7 Å². The van der Waals surface area contributed by atoms with Crippen LogP contribution in [0.4, 0.5) is 5.82 Å². The molecular formula is C14H18IN5. The van der Waals surface area contributed by atoms with Crippen molar-refractivity contribution in [1.82, 2.24) is 19.5 Å². The second kappa shape index (κ2) is 4.68. The van der Waals surface area contributed by atoms with Crippen LogP contribution < -0.4 is 5.73 Å². The maximum atomic E-state index is 6.08. The predicted octanol–water partition coefficient (Wildman–Crippen LogP) is 3.16. The van der Waals surface area contributed by atoms with Crippen LogP contribution in [0.1, 0.15) is 45.3 Å². The van der Waals surface area contributed by atoms with E-state index >= 15 is 0 Å². The SMILES string of the molecule is CC(C)(C)c1nc(-c2cncn2C2CC2)nc(N)c1I. The van der Waals surface area contributed by atoms with E-state index in [1.54, 1.807) is 0 Å². The van der Waals surface area contributed by atoms with Crippen LogP contribution >= 0.6 is 22.6 Å². The quantitative estimate of drug-likeness (QED) is 0.809. The Balaban J connectivity index is 2.14. The minimum atomic E-state index is -0.0627. The van der Waals surface area contributed by atoms with Gasteiger partial charge in [-0.05, 0) is 35.4 Å². The Hall–Kier alpha value is -1.18. The van der Waals surface area contributed by atoms with E-state index in [9.17, 15) is 0 Å². The van der Waals surface area contributed by atoms with Crippen LogP contribution in [-0.2, 0) is 5.41 Å². The van der Waals surface area contributed by atoms with Gasteiger partial charge in [0, 0.05) is 11.5 Å². The summed E-state index contributed by atoms with van der Waals surface area (Å²) in [6.07, 6.45) is 6.10. The van der Waals surface area contributed by atoms with Crippen molar-refractivity contribution in [2.45, 2.75) is 45.1 Å². The van der Waals surface area contributed by atoms with E-state index in [2.05, 4.69) is 57.9 Å². The third-order valence-electron chi connectivity index (χ3n) is 3.42. The first-order chi connectivity index (χ1) is 9.38. The van der Waals surface area contributed by atoms with Gasteiger partial charge >= 0.3 is 0 Å². The number of hydrogen-bond acceptors (Lipinski definition) is 4. The van der Waals surface area contributed by atoms with Gasteiger partial charge in [0.15, 0.2) is 5.82 Å². The van der Waals surface area contributed by atoms with Gasteiger partial charge in [-0.15, -0.1) is 0 Å². The van der Waals surface area contributed by atoms with Crippen molar-refractivity contribution in [2.75, 3.05) is 5.73 Å². The molecule has 0 radical (unpaired) electrons. The molecule has 0 aliphatic heterocycles. The van der Waals surface area contributed by atoms with Crippen LogP contribution in [0.25, 0.3) is 11.5 Å². The van der Waals surface area contributed by atoms with E-state index in [1.165, 1.54) is 12.8 Å². The molecule has 6 heteroatoms. The fraction of sp³-hybridized carbons (Fsp3) is 0.500. The fourth-order valence-corrected chi connectivity index (χ4v) is 3.25. The maximum absolute atomic E-state index is 6.08. The summed E-state index contributed by atoms with van der Waals surface area (Å²) in [5.74, 6) is 1.22. The smallest absolute Gasteiger partial charge is 0.180 e. The summed E-state index contributed by atoms with van der Waals surface area (Å²) in [5.41, 5.74) is 7.96. The Morgan fingerprint density at radius 1 is 1.30 bits per heavy atom. The van der Waals surface area contributed by atoms with Gasteiger partial charge in [-0.2, -0.15) is 0 Å². The molecule has 0 amide bonds. The van der Waals surface area contributed by atoms with E-state index in [1.807, 2.05) is 12.5 Å². The Kier molecular flexibility index (Phi) is 3.23. The zero-order valence-corrected chi connectivity index (χ0v) is 14.0. The van der Waals surface area contributed by atoms with Gasteiger partial charge < -0.3 is 10.3 Å². The van der Waals surface area contributed by atoms with Gasteiger partial charge in [0.1, 0.15) is 11.5 Å². The van der Waals surface area contributed by atoms with Crippen LogP contribution in [0.3, 0.4) is 0 Å². The van der Waals surface area contributed by atoms with Gasteiger partial charge in [0.2, 0.25) is 0 Å². The maximum Gasteiger partial charge on any atom is 0.180 e. The second-order valence-corrected chi connectivity index (χ2v) is 7.34. The molecule has 3 rings (SSSR count). The summed E-state index contributed by atoms with van der Waals surface area (Å²) in [4.78, 5) is 13.5. The molecule has 1 aliphatic carbocycles. The highest BCUT2D eigenvalue weighted by Crippen LogP contribution is 2.38. The number of imidazole rings is 1. The minimum Gasteiger partial charge on any atom is -0.383 e. The standard InChI is InChI=1S/C14H18IN5/c1-14(2,3)11-10(15)12(16)19-13(18-11)9-6-17-7-20(9)8-4-5-8/h6-8H,4-5H2,1-3H3,(H2,16,18,19). The Morgan fingerprint density at radius 2 is 2.00 bits per heavy atom. The van der Waals surface area contributed by atoms with Crippen LogP contribution in [0.15, 0.2) is 12.5 Å². The second-order valence-electron chi connectivity index (χ2n) is 6.26. The van der Waals surface area contributed by atoms with E-state index < -0.39 is 0 Å². The normalized spacial score (nSPS) is 15.6. The van der Waals surface area contributed by atoms with Crippen molar-refractivity contribution in [1.29, 1.82) is 0 Å². The van der Waals surface area contributed by atoms with Gasteiger partial charge in [0.05, 0.1) is 21.8 Å². The van der Waals surface area contributed by atoms with Crippen LogP contribution in [0, 0.1) is 3.57 Å². The Bertz CT molecular complexity index is 652. The number of nitrogens with two attached hydrogens (primary N) is 1. The lowest BCUT2D eigenvalue weighted by Crippen LogP contribution is -2.18. The Labute approximate surface area is 132 Å². The van der Waals surface area contributed by atoms with Crippen LogP contribution in [0.2, 0.25) is 0 Å². The van der Waals surface area contributed by atoms with Crippen molar-refractivity contribution in [3.8, 4) is 11.5 Å². The number of rotatable bonds is 2. The molecule has 0 unspecified atom stereocenters. The molecule has 1 fully saturated rings. The molecule has 1 saturated carbocycles. The zero-order valence-electron chi connectivity index (χ0n) is 11.9. The number of nitrogens with zero attached hydrogens (tertiary/aromatic N) is 4. The third kappa shape index (κ3) is 2.41. The molecule has 1 aliphatic rings. The lowest BCUT2D eigenvalue weighted by Gasteiger charge is -2.21. The van der Waals surface area contributed by atoms with Crippen LogP contribution in [0.5, 0.6) is 0 Å². The van der Waals surface area contributed by atoms with Gasteiger partial charge in [-0.25, -0.2) is 15.0 Å². The average Bonchev–Trinajstić information content (AvgIpc) is 3.09. The first kappa shape index (κ1) is 13.8. The summed E-state index contributed by atoms with van der Waals surface area (Å²) in [7, 11) is 0. The number of halogens is 1. The van der Waals surface area contributed by atoms with E-state index in [0.29, 0.717) is 17.7 Å². The van der Waals surface area contributed by atoms with Gasteiger partial charge in [-0.3, -0.25) is 0 Å². The zero-order chi connectivity index (χ0) is 14.5. The molecule has 2 aromatic heterocycles. The summed E-state index contributed by atoms with van der Waals surface area (Å²) in [6, 6.07) is 0.551. The third-order valence-corrected chi connectivity index (χ3v) is 4.49. The van der Waals surface area contributed by atoms with Crippen molar-refractivity contribution in [3.63, 3.8) is 0 Å². The highest BCUT2D eigenvalue weighted by molar-refractivity contribution is 14.1. The predicted molar refractivity (Wildman–Crippen MR) is 87.4 cm³/mol. The lowest BCUT2D eigenvalue weighted by molar-refractivity contribution is 0.563. The molecule has 0 spiro atoms. The topological polar surface area (TPSA) is 69.6 Å². The molecule has 2 heterocycles. The first-order valence-electron chi connectivity index (χ1n) is 6.73. The highest BCUT2D eigenvalue weighted by Gasteiger charge is 2.28. The molecule has 2 N–H and O–H groups in total. The molecule has 106 valence electrons. The number of hydrogen-bond donors (Lipinski definition) is 1. The summed E-state index contributed by atoms with van der Waals surface area (Å²) in [6.45, 7) is 6.41. The van der Waals surface area contributed by atoms with Crippen molar-refractivity contribution in [3.05, 3.63) is 21.8 Å². The van der Waals surface area contributed by atoms with E-state index in [0.717, 1.165) is 15.0 Å². The summed E-state index contributed by atoms with van der Waals surface area (Å²) in [5, 5.41) is 0. The van der Waals surface area contributed by atoms with Gasteiger partial charge in [0.25, 0.3) is 0 Å². The number of nitrogen functional groups attached to an aromatic ring is 1. The largest absolute Gasteiger partial charge is 0.383 e. The molecule has 20 heavy (non-hydrogen) atoms. The van der Waals surface area contributed by atoms with Crippen LogP contribution in [-0.4, -0.2) is 19.5 Å². The molecule has 5 nitrogen and oxygen atoms in total. The highest BCUT2D eigenvalue weighted by atomic mass is 127. The number of aromatic nitrogens is 4. The molecule has 0 bridgehead atoms. The Morgan fingerprint density at radius 3 is 2.60 bits per heavy atom. The lowest BCUT2D eigenvalue weighted by atomic mass is 9.92. The average molecular weight is 383 g/mol. The van der Waals surface area contributed by atoms with Crippen molar-refractivity contribution >= 4 is 28.4 Å². The first-order valence-corrected chi connectivity index (χ1v) is 7.81. The number of anilines is 1. The molecular weight excluding hydrogens is 365 g/mol. The van der Waals surface area contributed by atoms with Crippen molar-refractivity contribution < 1.29 is 0 Å². The summed E-state index contributed by atoms with van der Waals surface area (Å²) >= 11 is 2.23. The monoisotopic (exact) mass is 383 g/mol. The molecule has 2 aromatic rings.